The molecule has 0 spiro atoms. The van der Waals surface area contributed by atoms with Gasteiger partial charge in [-0.25, -0.2) is 0 Å². The van der Waals surface area contributed by atoms with Crippen LogP contribution in [0.1, 0.15) is 55.8 Å². The van der Waals surface area contributed by atoms with Crippen molar-refractivity contribution in [2.75, 3.05) is 19.9 Å². The molecule has 0 aromatic heterocycles. The highest BCUT2D eigenvalue weighted by molar-refractivity contribution is 6.00. The zero-order chi connectivity index (χ0) is 15.4. The first-order valence-electron chi connectivity index (χ1n) is 8.47. The Kier molecular flexibility index (Phi) is 4.98. The zero-order valence-electron chi connectivity index (χ0n) is 13.3. The molecule has 2 aliphatic heterocycles. The van der Waals surface area contributed by atoms with Crippen LogP contribution in [0.15, 0.2) is 18.2 Å². The van der Waals surface area contributed by atoms with E-state index in [4.69, 9.17) is 9.47 Å². The number of likely N-dealkylation sites (tertiary alicyclic amines) is 1. The van der Waals surface area contributed by atoms with Gasteiger partial charge in [0.1, 0.15) is 0 Å². The summed E-state index contributed by atoms with van der Waals surface area (Å²) in [5.41, 5.74) is 0.748. The predicted molar refractivity (Wildman–Crippen MR) is 85.6 cm³/mol. The Labute approximate surface area is 132 Å². The Morgan fingerprint density at radius 1 is 1.18 bits per heavy atom. The summed E-state index contributed by atoms with van der Waals surface area (Å²) >= 11 is 0. The molecule has 0 radical (unpaired) electrons. The topological polar surface area (TPSA) is 38.8 Å². The summed E-state index contributed by atoms with van der Waals surface area (Å²) in [6.07, 6.45) is 6.87. The number of nitrogens with zero attached hydrogens (tertiary/aromatic N) is 1. The van der Waals surface area contributed by atoms with Gasteiger partial charge in [0.05, 0.1) is 6.04 Å². The van der Waals surface area contributed by atoms with Crippen molar-refractivity contribution in [1.29, 1.82) is 0 Å². The van der Waals surface area contributed by atoms with Gasteiger partial charge in [-0.1, -0.05) is 26.2 Å². The number of rotatable bonds is 7. The molecule has 3 rings (SSSR count). The first kappa shape index (κ1) is 15.3. The number of ketones is 1. The number of benzene rings is 1. The second-order valence-electron chi connectivity index (χ2n) is 6.19. The smallest absolute Gasteiger partial charge is 0.231 e. The van der Waals surface area contributed by atoms with E-state index in [-0.39, 0.29) is 18.6 Å². The van der Waals surface area contributed by atoms with Crippen molar-refractivity contribution in [3.05, 3.63) is 23.8 Å². The molecular formula is C18H25NO3. The van der Waals surface area contributed by atoms with Gasteiger partial charge in [-0.15, -0.1) is 0 Å². The standard InChI is InChI=1S/C18H25NO3/c1-2-3-4-7-15(19-10-5-6-11-19)18(20)14-8-9-16-17(12-14)22-13-21-16/h8-9,12,15H,2-7,10-11,13H2,1H3/t15-/m1/s1. The van der Waals surface area contributed by atoms with Crippen LogP contribution in [0.4, 0.5) is 0 Å². The van der Waals surface area contributed by atoms with Gasteiger partial charge in [0.25, 0.3) is 0 Å². The average molecular weight is 303 g/mol. The van der Waals surface area contributed by atoms with E-state index in [0.717, 1.165) is 37.2 Å². The third-order valence-corrected chi connectivity index (χ3v) is 4.62. The molecule has 2 aliphatic rings. The monoisotopic (exact) mass is 303 g/mol. The van der Waals surface area contributed by atoms with Crippen LogP contribution in [0.3, 0.4) is 0 Å². The normalized spacial score (nSPS) is 18.6. The van der Waals surface area contributed by atoms with Crippen LogP contribution in [-0.4, -0.2) is 36.6 Å². The SMILES string of the molecule is CCCCC[C@H](C(=O)c1ccc2c(c1)OCO2)N1CCCC1. The van der Waals surface area contributed by atoms with Crippen LogP contribution in [0.5, 0.6) is 11.5 Å². The second-order valence-corrected chi connectivity index (χ2v) is 6.19. The first-order chi connectivity index (χ1) is 10.8. The molecule has 4 heteroatoms. The molecule has 120 valence electrons. The van der Waals surface area contributed by atoms with Gasteiger partial charge < -0.3 is 9.47 Å². The molecule has 2 heterocycles. The summed E-state index contributed by atoms with van der Waals surface area (Å²) < 4.78 is 10.7. The molecule has 1 saturated heterocycles. The minimum Gasteiger partial charge on any atom is -0.454 e. The number of ether oxygens (including phenoxy) is 2. The van der Waals surface area contributed by atoms with E-state index in [1.54, 1.807) is 0 Å². The third-order valence-electron chi connectivity index (χ3n) is 4.62. The molecule has 1 atom stereocenters. The molecule has 0 saturated carbocycles. The minimum absolute atomic E-state index is 0.0226. The van der Waals surface area contributed by atoms with Gasteiger partial charge in [0, 0.05) is 5.56 Å². The van der Waals surface area contributed by atoms with E-state index >= 15 is 0 Å². The van der Waals surface area contributed by atoms with Gasteiger partial charge in [0.15, 0.2) is 17.3 Å². The molecule has 0 aliphatic carbocycles. The molecular weight excluding hydrogens is 278 g/mol. The summed E-state index contributed by atoms with van der Waals surface area (Å²) in [6.45, 7) is 4.55. The lowest BCUT2D eigenvalue weighted by atomic mass is 9.97. The fourth-order valence-electron chi connectivity index (χ4n) is 3.36. The Bertz CT molecular complexity index is 523. The largest absolute Gasteiger partial charge is 0.454 e. The number of Topliss-reactive ketones (excluding diaryl/α,β-unsaturated/α-hetero) is 1. The van der Waals surface area contributed by atoms with Gasteiger partial charge in [0.2, 0.25) is 6.79 Å². The quantitative estimate of drug-likeness (QED) is 0.569. The Morgan fingerprint density at radius 3 is 2.73 bits per heavy atom. The Balaban J connectivity index is 1.75. The van der Waals surface area contributed by atoms with Crippen molar-refractivity contribution in [3.63, 3.8) is 0 Å². The average Bonchev–Trinajstić information content (AvgIpc) is 3.21. The van der Waals surface area contributed by atoms with Crippen molar-refractivity contribution >= 4 is 5.78 Å². The number of unbranched alkanes of at least 4 members (excludes halogenated alkanes) is 2. The van der Waals surface area contributed by atoms with Crippen molar-refractivity contribution in [1.82, 2.24) is 4.90 Å². The molecule has 1 fully saturated rings. The highest BCUT2D eigenvalue weighted by Gasteiger charge is 2.29. The number of carbonyl (C=O) groups is 1. The Hall–Kier alpha value is -1.55. The highest BCUT2D eigenvalue weighted by Crippen LogP contribution is 2.33. The molecule has 0 unspecified atom stereocenters. The number of fused-ring (bicyclic) bond motifs is 1. The summed E-state index contributed by atoms with van der Waals surface area (Å²) in [4.78, 5) is 15.4. The number of hydrogen-bond donors (Lipinski definition) is 0. The summed E-state index contributed by atoms with van der Waals surface area (Å²) in [6, 6.07) is 5.59. The maximum absolute atomic E-state index is 13.0. The fraction of sp³-hybridized carbons (Fsp3) is 0.611. The lowest BCUT2D eigenvalue weighted by Crippen LogP contribution is -2.39. The molecule has 0 amide bonds. The van der Waals surface area contributed by atoms with Gasteiger partial charge in [-0.3, -0.25) is 9.69 Å². The van der Waals surface area contributed by atoms with Crippen molar-refractivity contribution in [3.8, 4) is 11.5 Å². The summed E-state index contributed by atoms with van der Waals surface area (Å²) in [7, 11) is 0. The zero-order valence-corrected chi connectivity index (χ0v) is 13.3. The molecule has 22 heavy (non-hydrogen) atoms. The predicted octanol–water partition coefficient (Wildman–Crippen LogP) is 3.64. The molecule has 1 aromatic carbocycles. The maximum Gasteiger partial charge on any atom is 0.231 e. The lowest BCUT2D eigenvalue weighted by Gasteiger charge is -2.26. The van der Waals surface area contributed by atoms with Crippen LogP contribution < -0.4 is 9.47 Å². The van der Waals surface area contributed by atoms with E-state index in [2.05, 4.69) is 11.8 Å². The van der Waals surface area contributed by atoms with Crippen LogP contribution in [0.25, 0.3) is 0 Å². The van der Waals surface area contributed by atoms with Crippen LogP contribution >= 0.6 is 0 Å². The van der Waals surface area contributed by atoms with Gasteiger partial charge >= 0.3 is 0 Å². The van der Waals surface area contributed by atoms with E-state index in [9.17, 15) is 4.79 Å². The maximum atomic E-state index is 13.0. The molecule has 0 bridgehead atoms. The van der Waals surface area contributed by atoms with Crippen LogP contribution in [0.2, 0.25) is 0 Å². The van der Waals surface area contributed by atoms with Crippen molar-refractivity contribution in [2.24, 2.45) is 0 Å². The summed E-state index contributed by atoms with van der Waals surface area (Å²) in [5.74, 6) is 1.66. The third kappa shape index (κ3) is 3.27. The number of hydrogen-bond acceptors (Lipinski definition) is 4. The highest BCUT2D eigenvalue weighted by atomic mass is 16.7. The van der Waals surface area contributed by atoms with Crippen molar-refractivity contribution in [2.45, 2.75) is 51.5 Å². The van der Waals surface area contributed by atoms with Crippen LogP contribution in [-0.2, 0) is 0 Å². The van der Waals surface area contributed by atoms with Gasteiger partial charge in [-0.2, -0.15) is 0 Å². The lowest BCUT2D eigenvalue weighted by molar-refractivity contribution is 0.0834. The molecule has 1 aromatic rings. The second kappa shape index (κ2) is 7.14. The van der Waals surface area contributed by atoms with Crippen LogP contribution in [0, 0.1) is 0 Å². The molecule has 4 nitrogen and oxygen atoms in total. The van der Waals surface area contributed by atoms with Crippen molar-refractivity contribution < 1.29 is 14.3 Å². The fourth-order valence-corrected chi connectivity index (χ4v) is 3.36. The van der Waals surface area contributed by atoms with E-state index in [1.807, 2.05) is 18.2 Å². The van der Waals surface area contributed by atoms with E-state index in [0.29, 0.717) is 5.75 Å². The number of carbonyl (C=O) groups excluding carboxylic acids is 1. The summed E-state index contributed by atoms with van der Waals surface area (Å²) in [5, 5.41) is 0. The minimum atomic E-state index is 0.0226. The molecule has 0 N–H and O–H groups in total. The van der Waals surface area contributed by atoms with Gasteiger partial charge in [-0.05, 0) is 50.6 Å². The first-order valence-corrected chi connectivity index (χ1v) is 8.47. The van der Waals surface area contributed by atoms with E-state index in [1.165, 1.54) is 25.7 Å². The Morgan fingerprint density at radius 2 is 1.95 bits per heavy atom. The van der Waals surface area contributed by atoms with E-state index < -0.39 is 0 Å².